The molecule has 6 aromatic carbocycles. The third-order valence-electron chi connectivity index (χ3n) is 13.6. The molecule has 2 saturated heterocycles. The van der Waals surface area contributed by atoms with Crippen molar-refractivity contribution in [3.05, 3.63) is 237 Å². The van der Waals surface area contributed by atoms with E-state index in [0.717, 1.165) is 84.5 Å². The standard InChI is InChI=1S/C16H11N5O2.C16H13N3O2.C13H18BN3O2.C9H5ClN2O2.C4H8O/c17-20-19-10-12-3-1-2-4-14(12)16-15-6-5-13(21(22)23)9-11(15)7-8-18-16;17-10-12-3-1-2-4-14(12)16-15-6-5-13(19(20)21)9-11(15)7-8-18-16;1-12(2)13(3,4)19-14(18-12)11-8-6-5-7-10(11)9-16-17-15;10-9-8-2-1-7(12(13)14)5-6(8)3-4-11-9;1-2-4-5-3-1/h1-9H,10H2;1-9H,10,17H2;5-8H,9H2,1-4H3;1-5H;1-4H2. The first kappa shape index (κ1) is 60.2. The van der Waals surface area contributed by atoms with Crippen LogP contribution in [-0.2, 0) is 33.7 Å². The van der Waals surface area contributed by atoms with E-state index in [0.29, 0.717) is 23.9 Å². The van der Waals surface area contributed by atoms with E-state index < -0.39 is 21.9 Å². The van der Waals surface area contributed by atoms with Gasteiger partial charge in [0.1, 0.15) is 5.15 Å². The molecule has 0 unspecified atom stereocenters. The normalized spacial score (nSPS) is 13.5. The van der Waals surface area contributed by atoms with E-state index in [2.05, 4.69) is 35.0 Å². The molecule has 0 bridgehead atoms. The van der Waals surface area contributed by atoms with Crippen LogP contribution < -0.4 is 11.2 Å². The second-order valence-corrected chi connectivity index (χ2v) is 19.7. The molecular formula is C58H55BClN13O9. The zero-order chi connectivity index (χ0) is 58.8. The van der Waals surface area contributed by atoms with Crippen molar-refractivity contribution < 1.29 is 28.8 Å². The zero-order valence-corrected chi connectivity index (χ0v) is 45.9. The predicted octanol–water partition coefficient (Wildman–Crippen LogP) is 14.3. The number of nitro benzene ring substituents is 3. The number of halogens is 1. The number of ether oxygens (including phenoxy) is 1. The number of nitrogens with zero attached hydrogens (tertiary/aromatic N) is 12. The number of pyridine rings is 3. The molecule has 0 radical (unpaired) electrons. The van der Waals surface area contributed by atoms with Gasteiger partial charge in [0.15, 0.2) is 0 Å². The summed E-state index contributed by atoms with van der Waals surface area (Å²) in [6.45, 7) is 11.0. The molecule has 3 aromatic heterocycles. The third kappa shape index (κ3) is 15.1. The Morgan fingerprint density at radius 1 is 0.573 bits per heavy atom. The molecule has 416 valence electrons. The van der Waals surface area contributed by atoms with Gasteiger partial charge in [-0.25, -0.2) is 4.98 Å². The number of hydrogen-bond acceptors (Lipinski definition) is 15. The quantitative estimate of drug-likeness (QED) is 0.0240. The Bertz CT molecular complexity index is 3850. The van der Waals surface area contributed by atoms with Crippen molar-refractivity contribution >= 4 is 73.6 Å². The second kappa shape index (κ2) is 28.1. The number of nitrogens with two attached hydrogens (primary N) is 1. The number of fused-ring (bicyclic) bond motifs is 3. The molecule has 82 heavy (non-hydrogen) atoms. The molecule has 2 fully saturated rings. The molecule has 5 heterocycles. The summed E-state index contributed by atoms with van der Waals surface area (Å²) in [4.78, 5) is 49.3. The van der Waals surface area contributed by atoms with E-state index in [4.69, 9.17) is 42.4 Å². The van der Waals surface area contributed by atoms with Gasteiger partial charge in [0.05, 0.1) is 50.4 Å². The SMILES string of the molecule is C1CCOC1.CC1(C)OB(c2ccccc2CN=[N+]=[N-])OC1(C)C.NCc1ccccc1-c1nccc2cc([N+](=O)[O-])ccc12.O=[N+]([O-])c1ccc2c(Cl)nccc2c1.[N-]=[N+]=NCc1ccccc1-c1nccc2cc([N+](=O)[O-])ccc12. The van der Waals surface area contributed by atoms with Crippen LogP contribution in [0.15, 0.2) is 174 Å². The van der Waals surface area contributed by atoms with Crippen molar-refractivity contribution in [3.63, 3.8) is 0 Å². The lowest BCUT2D eigenvalue weighted by atomic mass is 9.76. The largest absolute Gasteiger partial charge is 0.495 e. The smallest absolute Gasteiger partial charge is 0.399 e. The fraction of sp³-hybridized carbons (Fsp3) is 0.224. The molecule has 0 atom stereocenters. The minimum Gasteiger partial charge on any atom is -0.399 e. The Morgan fingerprint density at radius 3 is 1.43 bits per heavy atom. The van der Waals surface area contributed by atoms with Crippen LogP contribution in [0.5, 0.6) is 0 Å². The fourth-order valence-electron chi connectivity index (χ4n) is 8.65. The fourth-order valence-corrected chi connectivity index (χ4v) is 8.88. The van der Waals surface area contributed by atoms with Crippen LogP contribution in [0.1, 0.15) is 57.2 Å². The van der Waals surface area contributed by atoms with Gasteiger partial charge in [-0.1, -0.05) is 94.6 Å². The van der Waals surface area contributed by atoms with Crippen LogP contribution in [0.3, 0.4) is 0 Å². The molecular weight excluding hydrogens is 1070 g/mol. The highest BCUT2D eigenvalue weighted by atomic mass is 35.5. The van der Waals surface area contributed by atoms with Gasteiger partial charge in [-0.2, -0.15) is 0 Å². The first-order valence-corrected chi connectivity index (χ1v) is 26.0. The van der Waals surface area contributed by atoms with Gasteiger partial charge >= 0.3 is 7.12 Å². The van der Waals surface area contributed by atoms with Crippen LogP contribution in [0.25, 0.3) is 75.7 Å². The summed E-state index contributed by atoms with van der Waals surface area (Å²) in [5.74, 6) is 0. The Morgan fingerprint density at radius 2 is 0.976 bits per heavy atom. The topological polar surface area (TPSA) is 319 Å². The summed E-state index contributed by atoms with van der Waals surface area (Å²) < 4.78 is 17.0. The summed E-state index contributed by atoms with van der Waals surface area (Å²) in [6, 6.07) is 42.2. The van der Waals surface area contributed by atoms with Gasteiger partial charge in [0.25, 0.3) is 17.1 Å². The maximum Gasteiger partial charge on any atom is 0.495 e. The number of benzene rings is 6. The van der Waals surface area contributed by atoms with Crippen molar-refractivity contribution in [2.75, 3.05) is 13.2 Å². The molecule has 0 aliphatic carbocycles. The van der Waals surface area contributed by atoms with Gasteiger partial charge in [0.2, 0.25) is 0 Å². The second-order valence-electron chi connectivity index (χ2n) is 19.3. The van der Waals surface area contributed by atoms with Crippen LogP contribution in [-0.4, -0.2) is 61.3 Å². The Labute approximate surface area is 475 Å². The van der Waals surface area contributed by atoms with E-state index in [-0.39, 0.29) is 34.8 Å². The van der Waals surface area contributed by atoms with E-state index in [1.807, 2.05) is 100 Å². The molecule has 0 saturated carbocycles. The van der Waals surface area contributed by atoms with Crippen molar-refractivity contribution in [3.8, 4) is 22.5 Å². The molecule has 2 aliphatic heterocycles. The van der Waals surface area contributed by atoms with E-state index in [9.17, 15) is 30.3 Å². The molecule has 0 spiro atoms. The van der Waals surface area contributed by atoms with E-state index in [1.54, 1.807) is 54.9 Å². The van der Waals surface area contributed by atoms with Crippen LogP contribution in [0, 0.1) is 30.3 Å². The first-order valence-electron chi connectivity index (χ1n) is 25.6. The van der Waals surface area contributed by atoms with Gasteiger partial charge in [-0.3, -0.25) is 40.3 Å². The highest BCUT2D eigenvalue weighted by Gasteiger charge is 2.52. The van der Waals surface area contributed by atoms with Gasteiger partial charge in [-0.05, 0) is 126 Å². The van der Waals surface area contributed by atoms with Crippen LogP contribution >= 0.6 is 11.6 Å². The molecule has 2 aliphatic rings. The third-order valence-corrected chi connectivity index (χ3v) is 13.9. The number of non-ortho nitro benzene ring substituents is 3. The average molecular weight is 1120 g/mol. The highest BCUT2D eigenvalue weighted by Crippen LogP contribution is 2.37. The monoisotopic (exact) mass is 1120 g/mol. The van der Waals surface area contributed by atoms with Crippen molar-refractivity contribution in [1.82, 2.24) is 15.0 Å². The van der Waals surface area contributed by atoms with E-state index >= 15 is 0 Å². The Kier molecular flexibility index (Phi) is 20.7. The number of azide groups is 2. The molecule has 11 rings (SSSR count). The van der Waals surface area contributed by atoms with Gasteiger partial charge in [0, 0.05) is 112 Å². The maximum atomic E-state index is 10.9. The Hall–Kier alpha value is -9.44. The van der Waals surface area contributed by atoms with E-state index in [1.165, 1.54) is 49.4 Å². The van der Waals surface area contributed by atoms with Crippen molar-refractivity contribution in [1.29, 1.82) is 0 Å². The molecule has 0 amide bonds. The zero-order valence-electron chi connectivity index (χ0n) is 45.1. The summed E-state index contributed by atoms with van der Waals surface area (Å²) >= 11 is 5.81. The summed E-state index contributed by atoms with van der Waals surface area (Å²) in [5, 5.41) is 44.5. The molecule has 22 nitrogen and oxygen atoms in total. The first-order chi connectivity index (χ1) is 39.5. The van der Waals surface area contributed by atoms with Crippen molar-refractivity contribution in [2.24, 2.45) is 16.0 Å². The molecule has 2 N–H and O–H groups in total. The Balaban J connectivity index is 0.000000154. The average Bonchev–Trinajstić information content (AvgIpc) is 4.35. The summed E-state index contributed by atoms with van der Waals surface area (Å²) in [6.07, 6.45) is 7.36. The lowest BCUT2D eigenvalue weighted by molar-refractivity contribution is -0.384. The number of hydrogen-bond donors (Lipinski definition) is 1. The summed E-state index contributed by atoms with van der Waals surface area (Å²) in [7, 11) is -0.421. The predicted molar refractivity (Wildman–Crippen MR) is 317 cm³/mol. The van der Waals surface area contributed by atoms with Crippen molar-refractivity contribution in [2.45, 2.75) is 71.4 Å². The minimum absolute atomic E-state index is 0.0389. The van der Waals surface area contributed by atoms with Gasteiger partial charge < -0.3 is 19.8 Å². The lowest BCUT2D eigenvalue weighted by Crippen LogP contribution is -2.41. The van der Waals surface area contributed by atoms with Crippen LogP contribution in [0.2, 0.25) is 5.15 Å². The highest BCUT2D eigenvalue weighted by molar-refractivity contribution is 6.62. The van der Waals surface area contributed by atoms with Crippen LogP contribution in [0.4, 0.5) is 17.1 Å². The molecule has 9 aromatic rings. The minimum atomic E-state index is -0.437. The van der Waals surface area contributed by atoms with Gasteiger partial charge in [-0.15, -0.1) is 0 Å². The number of rotatable bonds is 11. The maximum absolute atomic E-state index is 10.9. The number of nitro groups is 3. The number of aromatic nitrogens is 3. The lowest BCUT2D eigenvalue weighted by Gasteiger charge is -2.32. The summed E-state index contributed by atoms with van der Waals surface area (Å²) in [5.41, 5.74) is 29.2. The molecule has 24 heteroatoms.